The molecule has 15 heavy (non-hydrogen) atoms. The Morgan fingerprint density at radius 2 is 2.07 bits per heavy atom. The summed E-state index contributed by atoms with van der Waals surface area (Å²) in [6.45, 7) is 2.57. The predicted molar refractivity (Wildman–Crippen MR) is 49.3 cm³/mol. The minimum atomic E-state index is -4.22. The summed E-state index contributed by atoms with van der Waals surface area (Å²) in [4.78, 5) is 11.3. The first-order valence-electron chi connectivity index (χ1n) is 4.64. The van der Waals surface area contributed by atoms with E-state index < -0.39 is 18.5 Å². The van der Waals surface area contributed by atoms with Crippen molar-refractivity contribution in [1.29, 1.82) is 0 Å². The third-order valence-corrected chi connectivity index (χ3v) is 2.24. The summed E-state index contributed by atoms with van der Waals surface area (Å²) in [5.74, 6) is -0.407. The van der Waals surface area contributed by atoms with Crippen molar-refractivity contribution in [2.45, 2.75) is 19.5 Å². The Labute approximate surface area is 85.7 Å². The molecule has 0 radical (unpaired) electrons. The van der Waals surface area contributed by atoms with Gasteiger partial charge >= 0.3 is 6.18 Å². The van der Waals surface area contributed by atoms with Gasteiger partial charge in [0.1, 0.15) is 0 Å². The fourth-order valence-electron chi connectivity index (χ4n) is 1.13. The zero-order valence-corrected chi connectivity index (χ0v) is 8.37. The molecular weight excluding hydrogens is 209 g/mol. The van der Waals surface area contributed by atoms with Crippen molar-refractivity contribution in [2.24, 2.45) is 0 Å². The summed E-state index contributed by atoms with van der Waals surface area (Å²) in [7, 11) is 0. The van der Waals surface area contributed by atoms with Crippen LogP contribution in [0.25, 0.3) is 0 Å². The van der Waals surface area contributed by atoms with Gasteiger partial charge in [-0.1, -0.05) is 0 Å². The molecule has 2 N–H and O–H groups in total. The topological polar surface area (TPSA) is 41.1 Å². The van der Waals surface area contributed by atoms with E-state index in [1.165, 1.54) is 0 Å². The molecule has 86 valence electrons. The first-order chi connectivity index (χ1) is 6.90. The zero-order chi connectivity index (χ0) is 11.5. The molecule has 0 unspecified atom stereocenters. The number of nitrogens with one attached hydrogen (secondary N) is 2. The lowest BCUT2D eigenvalue weighted by molar-refractivity contribution is -0.135. The van der Waals surface area contributed by atoms with E-state index in [1.54, 1.807) is 6.92 Å². The molecule has 0 atom stereocenters. The highest BCUT2D eigenvalue weighted by Crippen LogP contribution is 2.18. The van der Waals surface area contributed by atoms with Crippen molar-refractivity contribution in [3.8, 4) is 0 Å². The van der Waals surface area contributed by atoms with Crippen LogP contribution in [0.5, 0.6) is 0 Å². The average molecular weight is 222 g/mol. The maximum Gasteiger partial charge on any atom is 0.390 e. The Kier molecular flexibility index (Phi) is 3.73. The van der Waals surface area contributed by atoms with Crippen LogP contribution in [0.15, 0.2) is 11.1 Å². The van der Waals surface area contributed by atoms with Crippen LogP contribution in [0.1, 0.15) is 13.3 Å². The molecule has 1 amide bonds. The lowest BCUT2D eigenvalue weighted by Gasteiger charge is -2.21. The third kappa shape index (κ3) is 3.91. The van der Waals surface area contributed by atoms with Crippen LogP contribution >= 0.6 is 0 Å². The minimum Gasteiger partial charge on any atom is -0.352 e. The monoisotopic (exact) mass is 222 g/mol. The molecule has 0 aliphatic carbocycles. The van der Waals surface area contributed by atoms with Gasteiger partial charge in [0.2, 0.25) is 5.91 Å². The third-order valence-electron chi connectivity index (χ3n) is 2.24. The highest BCUT2D eigenvalue weighted by Gasteiger charge is 2.26. The second kappa shape index (κ2) is 4.65. The van der Waals surface area contributed by atoms with E-state index in [4.69, 9.17) is 0 Å². The molecule has 3 nitrogen and oxygen atoms in total. The number of halogens is 3. The lowest BCUT2D eigenvalue weighted by Crippen LogP contribution is -2.38. The summed E-state index contributed by atoms with van der Waals surface area (Å²) in [5, 5.41) is 5.20. The molecule has 1 saturated heterocycles. The molecule has 6 heteroatoms. The first-order valence-corrected chi connectivity index (χ1v) is 4.64. The molecule has 1 aliphatic rings. The molecule has 0 aromatic rings. The number of amides is 1. The Balaban J connectivity index is 2.30. The molecule has 1 heterocycles. The number of carbonyl (C=O) groups is 1. The summed E-state index contributed by atoms with van der Waals surface area (Å²) in [6, 6.07) is 0. The van der Waals surface area contributed by atoms with Crippen LogP contribution in [-0.2, 0) is 4.79 Å². The molecule has 1 fully saturated rings. The molecule has 0 aromatic heterocycles. The Morgan fingerprint density at radius 3 is 2.47 bits per heavy atom. The van der Waals surface area contributed by atoms with Gasteiger partial charge in [-0.05, 0) is 12.5 Å². The van der Waals surface area contributed by atoms with Gasteiger partial charge in [0.15, 0.2) is 0 Å². The smallest absolute Gasteiger partial charge is 0.352 e. The van der Waals surface area contributed by atoms with Crippen molar-refractivity contribution in [1.82, 2.24) is 10.6 Å². The Morgan fingerprint density at radius 1 is 1.47 bits per heavy atom. The van der Waals surface area contributed by atoms with Gasteiger partial charge in [-0.15, -0.1) is 0 Å². The fourth-order valence-corrected chi connectivity index (χ4v) is 1.13. The zero-order valence-electron chi connectivity index (χ0n) is 8.37. The summed E-state index contributed by atoms with van der Waals surface area (Å²) < 4.78 is 35.3. The van der Waals surface area contributed by atoms with E-state index in [1.807, 2.05) is 0 Å². The van der Waals surface area contributed by atoms with Gasteiger partial charge < -0.3 is 10.6 Å². The molecular formula is C9H13F3N2O. The average Bonchev–Trinajstić information content (AvgIpc) is 1.98. The SMILES string of the molecule is CC(C(=O)NCCC(F)(F)F)=C1CNC1. The second-order valence-corrected chi connectivity index (χ2v) is 3.45. The van der Waals surface area contributed by atoms with Gasteiger partial charge in [0, 0.05) is 25.2 Å². The second-order valence-electron chi connectivity index (χ2n) is 3.45. The van der Waals surface area contributed by atoms with Gasteiger partial charge in [0.25, 0.3) is 0 Å². The van der Waals surface area contributed by atoms with Gasteiger partial charge in [-0.2, -0.15) is 13.2 Å². The summed E-state index contributed by atoms with van der Waals surface area (Å²) in [5.41, 5.74) is 1.48. The number of alkyl halides is 3. The van der Waals surface area contributed by atoms with Gasteiger partial charge in [-0.25, -0.2) is 0 Å². The molecule has 0 bridgehead atoms. The number of carbonyl (C=O) groups excluding carboxylic acids is 1. The van der Waals surface area contributed by atoms with E-state index in [2.05, 4.69) is 10.6 Å². The van der Waals surface area contributed by atoms with Crippen molar-refractivity contribution in [3.05, 3.63) is 11.1 Å². The fraction of sp³-hybridized carbons (Fsp3) is 0.667. The van der Waals surface area contributed by atoms with Crippen molar-refractivity contribution < 1.29 is 18.0 Å². The van der Waals surface area contributed by atoms with Crippen LogP contribution in [-0.4, -0.2) is 31.7 Å². The highest BCUT2D eigenvalue weighted by molar-refractivity contribution is 5.93. The standard InChI is InChI=1S/C9H13F3N2O/c1-6(7-4-13-5-7)8(15)14-3-2-9(10,11)12/h13H,2-5H2,1H3,(H,14,15). The predicted octanol–water partition coefficient (Wildman–Crippen LogP) is 0.975. The molecule has 1 rings (SSSR count). The van der Waals surface area contributed by atoms with E-state index in [0.717, 1.165) is 5.57 Å². The van der Waals surface area contributed by atoms with Crippen molar-refractivity contribution >= 4 is 5.91 Å². The highest BCUT2D eigenvalue weighted by atomic mass is 19.4. The van der Waals surface area contributed by atoms with Crippen LogP contribution in [0.2, 0.25) is 0 Å². The maximum atomic E-state index is 11.8. The first kappa shape index (κ1) is 12.0. The van der Waals surface area contributed by atoms with E-state index in [0.29, 0.717) is 18.7 Å². The Bertz CT molecular complexity index is 278. The molecule has 0 spiro atoms. The van der Waals surface area contributed by atoms with Gasteiger partial charge in [-0.3, -0.25) is 4.79 Å². The normalized spacial score (nSPS) is 15.9. The van der Waals surface area contributed by atoms with Crippen LogP contribution in [0.3, 0.4) is 0 Å². The van der Waals surface area contributed by atoms with E-state index in [9.17, 15) is 18.0 Å². The van der Waals surface area contributed by atoms with E-state index >= 15 is 0 Å². The summed E-state index contributed by atoms with van der Waals surface area (Å²) >= 11 is 0. The quantitative estimate of drug-likeness (QED) is 0.699. The van der Waals surface area contributed by atoms with Crippen molar-refractivity contribution in [3.63, 3.8) is 0 Å². The van der Waals surface area contributed by atoms with Gasteiger partial charge in [0.05, 0.1) is 6.42 Å². The summed E-state index contributed by atoms with van der Waals surface area (Å²) in [6.07, 6.45) is -5.20. The molecule has 0 aromatic carbocycles. The maximum absolute atomic E-state index is 11.8. The molecule has 1 aliphatic heterocycles. The van der Waals surface area contributed by atoms with Crippen LogP contribution in [0.4, 0.5) is 13.2 Å². The van der Waals surface area contributed by atoms with Crippen LogP contribution in [0, 0.1) is 0 Å². The number of hydrogen-bond acceptors (Lipinski definition) is 2. The number of hydrogen-bond donors (Lipinski definition) is 2. The number of rotatable bonds is 3. The minimum absolute atomic E-state index is 0.361. The molecule has 0 saturated carbocycles. The Hall–Kier alpha value is -1.04. The van der Waals surface area contributed by atoms with Crippen LogP contribution < -0.4 is 10.6 Å². The largest absolute Gasteiger partial charge is 0.390 e. The lowest BCUT2D eigenvalue weighted by atomic mass is 10.0. The van der Waals surface area contributed by atoms with E-state index in [-0.39, 0.29) is 6.54 Å². The van der Waals surface area contributed by atoms with Crippen molar-refractivity contribution in [2.75, 3.05) is 19.6 Å².